The Morgan fingerprint density at radius 1 is 1.21 bits per heavy atom. The number of nitrogens with zero attached hydrogens (tertiary/aromatic N) is 2. The van der Waals surface area contributed by atoms with Crippen molar-refractivity contribution < 1.29 is 18.8 Å². The molecular weight excluding hydrogens is 310 g/mol. The van der Waals surface area contributed by atoms with Crippen LogP contribution in [0.5, 0.6) is 11.5 Å². The zero-order valence-electron chi connectivity index (χ0n) is 12.9. The van der Waals surface area contributed by atoms with Crippen LogP contribution in [0, 0.1) is 0 Å². The molecule has 0 aliphatic rings. The molecule has 0 fully saturated rings. The highest BCUT2D eigenvalue weighted by Gasteiger charge is 2.14. The second kappa shape index (κ2) is 6.82. The number of aromatic nitrogens is 2. The van der Waals surface area contributed by atoms with E-state index in [-0.39, 0.29) is 18.1 Å². The maximum atomic E-state index is 11.5. The smallest absolute Gasteiger partial charge is 0.264 e. The highest BCUT2D eigenvalue weighted by Crippen LogP contribution is 2.25. The minimum absolute atomic E-state index is 0.00722. The predicted octanol–water partition coefficient (Wildman–Crippen LogP) is 2.42. The van der Waals surface area contributed by atoms with E-state index in [2.05, 4.69) is 10.1 Å². The van der Waals surface area contributed by atoms with E-state index in [1.807, 2.05) is 30.3 Å². The summed E-state index contributed by atoms with van der Waals surface area (Å²) in [5.74, 6) is 0.997. The van der Waals surface area contributed by atoms with Crippen LogP contribution >= 0.6 is 0 Å². The molecule has 0 saturated carbocycles. The summed E-state index contributed by atoms with van der Waals surface area (Å²) in [7, 11) is 1.52. The Hall–Kier alpha value is -3.35. The van der Waals surface area contributed by atoms with Crippen LogP contribution in [-0.4, -0.2) is 23.2 Å². The second-order valence-corrected chi connectivity index (χ2v) is 4.89. The van der Waals surface area contributed by atoms with Crippen LogP contribution in [0.25, 0.3) is 11.4 Å². The van der Waals surface area contributed by atoms with E-state index in [1.165, 1.54) is 7.11 Å². The summed E-state index contributed by atoms with van der Waals surface area (Å²) in [5.41, 5.74) is 6.43. The van der Waals surface area contributed by atoms with Crippen LogP contribution in [0.4, 0.5) is 0 Å². The van der Waals surface area contributed by atoms with Gasteiger partial charge in [0.1, 0.15) is 11.5 Å². The van der Waals surface area contributed by atoms with Crippen molar-refractivity contribution in [2.24, 2.45) is 5.73 Å². The van der Waals surface area contributed by atoms with Gasteiger partial charge < -0.3 is 19.7 Å². The van der Waals surface area contributed by atoms with Gasteiger partial charge in [-0.15, -0.1) is 0 Å². The number of rotatable bonds is 6. The van der Waals surface area contributed by atoms with Gasteiger partial charge in [-0.1, -0.05) is 35.5 Å². The number of carbonyl (C=O) groups excluding carboxylic acids is 1. The van der Waals surface area contributed by atoms with Crippen molar-refractivity contribution in [2.75, 3.05) is 7.11 Å². The van der Waals surface area contributed by atoms with Crippen molar-refractivity contribution >= 4 is 5.91 Å². The Kier molecular flexibility index (Phi) is 4.42. The summed E-state index contributed by atoms with van der Waals surface area (Å²) in [6.45, 7) is 0.00722. The van der Waals surface area contributed by atoms with Gasteiger partial charge in [-0.2, -0.15) is 4.98 Å². The van der Waals surface area contributed by atoms with Crippen molar-refractivity contribution in [2.45, 2.75) is 6.61 Å². The van der Waals surface area contributed by atoms with Crippen molar-refractivity contribution in [3.05, 3.63) is 60.0 Å². The van der Waals surface area contributed by atoms with E-state index in [9.17, 15) is 4.79 Å². The topological polar surface area (TPSA) is 100 Å². The standard InChI is InChI=1S/C17H15N3O4/c1-22-12-7-8-13(16(18)21)14(9-12)23-10-15-19-17(20-24-15)11-5-3-2-4-6-11/h2-9H,10H2,1H3,(H2,18,21). The van der Waals surface area contributed by atoms with Crippen molar-refractivity contribution in [3.8, 4) is 22.9 Å². The van der Waals surface area contributed by atoms with E-state index in [1.54, 1.807) is 18.2 Å². The number of methoxy groups -OCH3 is 1. The molecule has 1 amide bonds. The van der Waals surface area contributed by atoms with E-state index in [0.29, 0.717) is 17.3 Å². The maximum absolute atomic E-state index is 11.5. The van der Waals surface area contributed by atoms with Crippen molar-refractivity contribution in [1.29, 1.82) is 0 Å². The third-order valence-corrected chi connectivity index (χ3v) is 3.31. The number of carbonyl (C=O) groups is 1. The lowest BCUT2D eigenvalue weighted by Crippen LogP contribution is -2.13. The molecule has 2 N–H and O–H groups in total. The Morgan fingerprint density at radius 3 is 2.71 bits per heavy atom. The number of ether oxygens (including phenoxy) is 2. The fourth-order valence-electron chi connectivity index (χ4n) is 2.11. The Bertz CT molecular complexity index is 846. The molecule has 1 aromatic heterocycles. The summed E-state index contributed by atoms with van der Waals surface area (Å²) in [6.07, 6.45) is 0. The summed E-state index contributed by atoms with van der Waals surface area (Å²) < 4.78 is 15.9. The molecule has 3 aromatic rings. The van der Waals surface area contributed by atoms with Crippen LogP contribution in [0.3, 0.4) is 0 Å². The van der Waals surface area contributed by atoms with Gasteiger partial charge in [0.2, 0.25) is 5.82 Å². The molecule has 0 aliphatic carbocycles. The molecule has 0 bridgehead atoms. The number of nitrogens with two attached hydrogens (primary N) is 1. The van der Waals surface area contributed by atoms with Crippen LogP contribution < -0.4 is 15.2 Å². The van der Waals surface area contributed by atoms with E-state index < -0.39 is 5.91 Å². The number of amides is 1. The number of benzene rings is 2. The molecule has 122 valence electrons. The third kappa shape index (κ3) is 3.35. The predicted molar refractivity (Wildman–Crippen MR) is 85.6 cm³/mol. The lowest BCUT2D eigenvalue weighted by atomic mass is 10.2. The molecule has 7 heteroatoms. The highest BCUT2D eigenvalue weighted by atomic mass is 16.5. The SMILES string of the molecule is COc1ccc(C(N)=O)c(OCc2nc(-c3ccccc3)no2)c1. The molecule has 0 radical (unpaired) electrons. The maximum Gasteiger partial charge on any atom is 0.264 e. The first-order chi connectivity index (χ1) is 11.7. The molecule has 3 rings (SSSR count). The van der Waals surface area contributed by atoms with Gasteiger partial charge in [0, 0.05) is 11.6 Å². The highest BCUT2D eigenvalue weighted by molar-refractivity contribution is 5.95. The summed E-state index contributed by atoms with van der Waals surface area (Å²) in [6, 6.07) is 14.2. The number of hydrogen-bond donors (Lipinski definition) is 1. The molecule has 0 saturated heterocycles. The fourth-order valence-corrected chi connectivity index (χ4v) is 2.11. The largest absolute Gasteiger partial charge is 0.497 e. The van der Waals surface area contributed by atoms with Gasteiger partial charge in [-0.3, -0.25) is 4.79 Å². The molecule has 2 aromatic carbocycles. The molecule has 0 atom stereocenters. The van der Waals surface area contributed by atoms with Crippen LogP contribution in [-0.2, 0) is 6.61 Å². The first kappa shape index (κ1) is 15.5. The quantitative estimate of drug-likeness (QED) is 0.747. The van der Waals surface area contributed by atoms with E-state index in [0.717, 1.165) is 5.56 Å². The van der Waals surface area contributed by atoms with E-state index >= 15 is 0 Å². The van der Waals surface area contributed by atoms with Crippen LogP contribution in [0.1, 0.15) is 16.2 Å². The average molecular weight is 325 g/mol. The monoisotopic (exact) mass is 325 g/mol. The minimum Gasteiger partial charge on any atom is -0.497 e. The van der Waals surface area contributed by atoms with Crippen LogP contribution in [0.15, 0.2) is 53.1 Å². The van der Waals surface area contributed by atoms with Gasteiger partial charge in [0.15, 0.2) is 6.61 Å². The van der Waals surface area contributed by atoms with Crippen molar-refractivity contribution in [1.82, 2.24) is 10.1 Å². The summed E-state index contributed by atoms with van der Waals surface area (Å²) in [5, 5.41) is 3.91. The first-order valence-corrected chi connectivity index (χ1v) is 7.16. The molecule has 24 heavy (non-hydrogen) atoms. The molecular formula is C17H15N3O4. The number of hydrogen-bond acceptors (Lipinski definition) is 6. The van der Waals surface area contributed by atoms with Gasteiger partial charge in [0.05, 0.1) is 12.7 Å². The average Bonchev–Trinajstić information content (AvgIpc) is 3.09. The zero-order chi connectivity index (χ0) is 16.9. The molecule has 0 unspecified atom stereocenters. The lowest BCUT2D eigenvalue weighted by Gasteiger charge is -2.09. The Labute approximate surface area is 138 Å². The molecule has 1 heterocycles. The fraction of sp³-hybridized carbons (Fsp3) is 0.118. The molecule has 7 nitrogen and oxygen atoms in total. The van der Waals surface area contributed by atoms with E-state index in [4.69, 9.17) is 19.7 Å². The zero-order valence-corrected chi connectivity index (χ0v) is 12.9. The summed E-state index contributed by atoms with van der Waals surface area (Å²) in [4.78, 5) is 15.7. The number of primary amides is 1. The molecule has 0 aliphatic heterocycles. The third-order valence-electron chi connectivity index (χ3n) is 3.31. The van der Waals surface area contributed by atoms with Gasteiger partial charge in [-0.05, 0) is 12.1 Å². The van der Waals surface area contributed by atoms with Gasteiger partial charge >= 0.3 is 0 Å². The Morgan fingerprint density at radius 2 is 2.00 bits per heavy atom. The minimum atomic E-state index is -0.594. The first-order valence-electron chi connectivity index (χ1n) is 7.16. The summed E-state index contributed by atoms with van der Waals surface area (Å²) >= 11 is 0. The van der Waals surface area contributed by atoms with Gasteiger partial charge in [0.25, 0.3) is 11.8 Å². The second-order valence-electron chi connectivity index (χ2n) is 4.89. The lowest BCUT2D eigenvalue weighted by molar-refractivity contribution is 0.0995. The normalized spacial score (nSPS) is 10.4. The molecule has 0 spiro atoms. The van der Waals surface area contributed by atoms with Crippen LogP contribution in [0.2, 0.25) is 0 Å². The Balaban J connectivity index is 1.77. The van der Waals surface area contributed by atoms with Gasteiger partial charge in [-0.25, -0.2) is 0 Å². The van der Waals surface area contributed by atoms with Crippen molar-refractivity contribution in [3.63, 3.8) is 0 Å².